The van der Waals surface area contributed by atoms with Gasteiger partial charge in [0.05, 0.1) is 5.92 Å². The van der Waals surface area contributed by atoms with Gasteiger partial charge in [-0.2, -0.15) is 0 Å². The van der Waals surface area contributed by atoms with Crippen molar-refractivity contribution in [2.75, 3.05) is 0 Å². The van der Waals surface area contributed by atoms with Crippen molar-refractivity contribution in [3.8, 4) is 0 Å². The van der Waals surface area contributed by atoms with Crippen LogP contribution in [0.4, 0.5) is 0 Å². The zero-order valence-corrected chi connectivity index (χ0v) is 17.6. The van der Waals surface area contributed by atoms with Crippen molar-refractivity contribution in [1.82, 2.24) is 4.98 Å². The van der Waals surface area contributed by atoms with Crippen LogP contribution in [0.3, 0.4) is 0 Å². The van der Waals surface area contributed by atoms with Crippen LogP contribution in [0.5, 0.6) is 0 Å². The van der Waals surface area contributed by atoms with E-state index in [-0.39, 0.29) is 11.8 Å². The fourth-order valence-corrected chi connectivity index (χ4v) is 5.13. The summed E-state index contributed by atoms with van der Waals surface area (Å²) in [6, 6.07) is 15.5. The molecule has 1 aromatic heterocycles. The molecule has 0 bridgehead atoms. The highest BCUT2D eigenvalue weighted by Crippen LogP contribution is 2.43. The molecule has 2 aromatic carbocycles. The van der Waals surface area contributed by atoms with Crippen molar-refractivity contribution < 1.29 is 4.79 Å². The maximum atomic E-state index is 12.2. The maximum absolute atomic E-state index is 12.2. The number of hydrogen-bond donors (Lipinski definition) is 2. The molecule has 3 nitrogen and oxygen atoms in total. The number of H-pyrrole nitrogens is 1. The summed E-state index contributed by atoms with van der Waals surface area (Å²) < 4.78 is 0. The molecular weight excluding hydrogens is 356 g/mol. The monoisotopic (exact) mass is 388 g/mol. The molecule has 1 amide bonds. The number of para-hydroxylation sites is 1. The SMILES string of the molecule is CCCc1cc(CCC)cc(CC2CCC(C(N)=O)c3c2[nH]c2ccccc32)c1. The summed E-state index contributed by atoms with van der Waals surface area (Å²) in [5, 5.41) is 1.16. The summed E-state index contributed by atoms with van der Waals surface area (Å²) in [4.78, 5) is 15.8. The number of aryl methyl sites for hydroxylation is 2. The lowest BCUT2D eigenvalue weighted by Crippen LogP contribution is -2.26. The minimum Gasteiger partial charge on any atom is -0.369 e. The normalized spacial score (nSPS) is 18.7. The van der Waals surface area contributed by atoms with Gasteiger partial charge in [-0.1, -0.05) is 63.1 Å². The van der Waals surface area contributed by atoms with Crippen LogP contribution in [0.15, 0.2) is 42.5 Å². The Bertz CT molecular complexity index is 992. The van der Waals surface area contributed by atoms with Crippen molar-refractivity contribution in [1.29, 1.82) is 0 Å². The predicted octanol–water partition coefficient (Wildman–Crippen LogP) is 5.76. The Kier molecular flexibility index (Phi) is 5.75. The Morgan fingerprint density at radius 3 is 2.31 bits per heavy atom. The second-order valence-electron chi connectivity index (χ2n) is 8.59. The second kappa shape index (κ2) is 8.44. The van der Waals surface area contributed by atoms with Crippen molar-refractivity contribution in [3.05, 3.63) is 70.4 Å². The van der Waals surface area contributed by atoms with Crippen LogP contribution in [0.1, 0.15) is 79.3 Å². The molecule has 3 heteroatoms. The quantitative estimate of drug-likeness (QED) is 0.531. The van der Waals surface area contributed by atoms with Crippen molar-refractivity contribution >= 4 is 16.8 Å². The zero-order valence-electron chi connectivity index (χ0n) is 17.6. The van der Waals surface area contributed by atoms with Gasteiger partial charge in [0, 0.05) is 22.5 Å². The lowest BCUT2D eigenvalue weighted by Gasteiger charge is -2.28. The Hall–Kier alpha value is -2.55. The Morgan fingerprint density at radius 2 is 1.66 bits per heavy atom. The first-order chi connectivity index (χ1) is 14.1. The summed E-state index contributed by atoms with van der Waals surface area (Å²) in [6.45, 7) is 4.49. The van der Waals surface area contributed by atoms with E-state index < -0.39 is 0 Å². The van der Waals surface area contributed by atoms with Crippen molar-refractivity contribution in [2.45, 2.75) is 70.6 Å². The molecule has 4 rings (SSSR count). The Morgan fingerprint density at radius 1 is 1.00 bits per heavy atom. The minimum atomic E-state index is -0.204. The fraction of sp³-hybridized carbons (Fsp3) is 0.423. The van der Waals surface area contributed by atoms with E-state index in [2.05, 4.69) is 49.2 Å². The summed E-state index contributed by atoms with van der Waals surface area (Å²) in [7, 11) is 0. The van der Waals surface area contributed by atoms with E-state index in [4.69, 9.17) is 5.73 Å². The third-order valence-corrected chi connectivity index (χ3v) is 6.35. The van der Waals surface area contributed by atoms with E-state index in [9.17, 15) is 4.79 Å². The van der Waals surface area contributed by atoms with Gasteiger partial charge in [-0.3, -0.25) is 4.79 Å². The second-order valence-corrected chi connectivity index (χ2v) is 8.59. The molecule has 0 aliphatic heterocycles. The smallest absolute Gasteiger partial charge is 0.225 e. The van der Waals surface area contributed by atoms with E-state index in [1.54, 1.807) is 0 Å². The molecule has 1 aliphatic carbocycles. The van der Waals surface area contributed by atoms with Gasteiger partial charge in [0.15, 0.2) is 0 Å². The number of nitrogens with one attached hydrogen (secondary N) is 1. The molecule has 3 N–H and O–H groups in total. The predicted molar refractivity (Wildman–Crippen MR) is 120 cm³/mol. The van der Waals surface area contributed by atoms with Gasteiger partial charge in [0.25, 0.3) is 0 Å². The standard InChI is InChI=1S/C26H32N2O/c1-3-7-17-13-18(8-4-2)15-19(14-17)16-20-11-12-22(26(27)29)24-21-9-5-6-10-23(21)28-25(20)24/h5-6,9-10,13-15,20,22,28H,3-4,7-8,11-12,16H2,1-2H3,(H2,27,29). The molecule has 3 aromatic rings. The summed E-state index contributed by atoms with van der Waals surface area (Å²) in [6.07, 6.45) is 7.46. The number of aromatic amines is 1. The number of primary amides is 1. The largest absolute Gasteiger partial charge is 0.369 e. The van der Waals surface area contributed by atoms with E-state index in [1.165, 1.54) is 35.2 Å². The third kappa shape index (κ3) is 3.96. The third-order valence-electron chi connectivity index (χ3n) is 6.35. The molecule has 29 heavy (non-hydrogen) atoms. The van der Waals surface area contributed by atoms with E-state index in [0.29, 0.717) is 5.92 Å². The summed E-state index contributed by atoms with van der Waals surface area (Å²) in [5.41, 5.74) is 13.6. The lowest BCUT2D eigenvalue weighted by atomic mass is 9.76. The van der Waals surface area contributed by atoms with Crippen LogP contribution in [0.25, 0.3) is 10.9 Å². The summed E-state index contributed by atoms with van der Waals surface area (Å²) >= 11 is 0. The first-order valence-electron chi connectivity index (χ1n) is 11.1. The minimum absolute atomic E-state index is 0.181. The number of nitrogens with two attached hydrogens (primary N) is 1. The molecule has 0 spiro atoms. The lowest BCUT2D eigenvalue weighted by molar-refractivity contribution is -0.119. The zero-order chi connectivity index (χ0) is 20.4. The van der Waals surface area contributed by atoms with Crippen LogP contribution in [-0.4, -0.2) is 10.9 Å². The number of carbonyl (C=O) groups is 1. The Balaban J connectivity index is 1.72. The number of hydrogen-bond acceptors (Lipinski definition) is 1. The van der Waals surface area contributed by atoms with Gasteiger partial charge in [-0.15, -0.1) is 0 Å². The van der Waals surface area contributed by atoms with Crippen molar-refractivity contribution in [3.63, 3.8) is 0 Å². The molecular formula is C26H32N2O. The molecule has 2 unspecified atom stereocenters. The molecule has 0 saturated carbocycles. The number of rotatable bonds is 7. The Labute approximate surface area is 173 Å². The number of amides is 1. The molecule has 0 fully saturated rings. The highest BCUT2D eigenvalue weighted by molar-refractivity contribution is 5.93. The number of aromatic nitrogens is 1. The summed E-state index contributed by atoms with van der Waals surface area (Å²) in [5.74, 6) is 0.0171. The average molecular weight is 389 g/mol. The van der Waals surface area contributed by atoms with Gasteiger partial charge in [0.1, 0.15) is 0 Å². The first-order valence-corrected chi connectivity index (χ1v) is 11.1. The topological polar surface area (TPSA) is 58.9 Å². The highest BCUT2D eigenvalue weighted by atomic mass is 16.1. The van der Waals surface area contributed by atoms with Crippen LogP contribution in [0.2, 0.25) is 0 Å². The molecule has 2 atom stereocenters. The van der Waals surface area contributed by atoms with Crippen LogP contribution >= 0.6 is 0 Å². The van der Waals surface area contributed by atoms with Gasteiger partial charge in [-0.25, -0.2) is 0 Å². The van der Waals surface area contributed by atoms with Gasteiger partial charge in [-0.05, 0) is 60.4 Å². The highest BCUT2D eigenvalue weighted by Gasteiger charge is 2.33. The van der Waals surface area contributed by atoms with Gasteiger partial charge in [0.2, 0.25) is 5.91 Å². The van der Waals surface area contributed by atoms with E-state index in [1.807, 2.05) is 12.1 Å². The number of fused-ring (bicyclic) bond motifs is 3. The molecule has 0 radical (unpaired) electrons. The molecule has 152 valence electrons. The van der Waals surface area contributed by atoms with Crippen LogP contribution in [0, 0.1) is 0 Å². The van der Waals surface area contributed by atoms with Crippen molar-refractivity contribution in [2.24, 2.45) is 5.73 Å². The maximum Gasteiger partial charge on any atom is 0.225 e. The molecule has 0 saturated heterocycles. The van der Waals surface area contributed by atoms with Gasteiger partial charge >= 0.3 is 0 Å². The van der Waals surface area contributed by atoms with E-state index in [0.717, 1.165) is 48.6 Å². The number of benzene rings is 2. The van der Waals surface area contributed by atoms with Gasteiger partial charge < -0.3 is 10.7 Å². The van der Waals surface area contributed by atoms with Crippen LogP contribution < -0.4 is 5.73 Å². The first kappa shape index (κ1) is 19.8. The fourth-order valence-electron chi connectivity index (χ4n) is 5.13. The van der Waals surface area contributed by atoms with E-state index >= 15 is 0 Å². The number of carbonyl (C=O) groups excluding carboxylic acids is 1. The molecule has 1 heterocycles. The molecule has 1 aliphatic rings. The average Bonchev–Trinajstić information content (AvgIpc) is 3.08. The van der Waals surface area contributed by atoms with Crippen LogP contribution in [-0.2, 0) is 24.1 Å².